The monoisotopic (exact) mass is 476 g/mol. The third kappa shape index (κ3) is 4.77. The highest BCUT2D eigenvalue weighted by Gasteiger charge is 2.22. The highest BCUT2D eigenvalue weighted by atomic mass is 35.5. The van der Waals surface area contributed by atoms with Crippen molar-refractivity contribution in [2.45, 2.75) is 32.9 Å². The first-order valence-electron chi connectivity index (χ1n) is 10.9. The molecule has 0 aliphatic rings. The van der Waals surface area contributed by atoms with E-state index in [1.807, 2.05) is 92.7 Å². The SMILES string of the molecule is Cc1c(CC(N)c2ccccc2)c(=O)c(-c2ccccc2Cl)c(C)n1Cc1ccccc1Cl. The molecule has 168 valence electrons. The van der Waals surface area contributed by atoms with Crippen molar-refractivity contribution < 1.29 is 0 Å². The Balaban J connectivity index is 1.92. The fourth-order valence-electron chi connectivity index (χ4n) is 4.32. The summed E-state index contributed by atoms with van der Waals surface area (Å²) in [5, 5.41) is 1.24. The first-order chi connectivity index (χ1) is 15.9. The van der Waals surface area contributed by atoms with Crippen LogP contribution in [0.3, 0.4) is 0 Å². The van der Waals surface area contributed by atoms with Crippen LogP contribution in [-0.4, -0.2) is 4.57 Å². The Hall–Kier alpha value is -2.85. The van der Waals surface area contributed by atoms with E-state index in [-0.39, 0.29) is 11.5 Å². The Morgan fingerprint density at radius 1 is 0.818 bits per heavy atom. The minimum atomic E-state index is -0.298. The largest absolute Gasteiger partial charge is 0.344 e. The molecule has 0 saturated heterocycles. The van der Waals surface area contributed by atoms with Crippen LogP contribution in [-0.2, 0) is 13.0 Å². The van der Waals surface area contributed by atoms with Gasteiger partial charge in [-0.05, 0) is 43.5 Å². The molecule has 33 heavy (non-hydrogen) atoms. The van der Waals surface area contributed by atoms with E-state index in [9.17, 15) is 4.79 Å². The van der Waals surface area contributed by atoms with E-state index < -0.39 is 0 Å². The molecule has 4 aromatic rings. The predicted octanol–water partition coefficient (Wildman–Crippen LogP) is 6.73. The van der Waals surface area contributed by atoms with Crippen molar-refractivity contribution in [2.75, 3.05) is 0 Å². The van der Waals surface area contributed by atoms with Crippen molar-refractivity contribution in [1.29, 1.82) is 0 Å². The minimum absolute atomic E-state index is 0.0279. The van der Waals surface area contributed by atoms with Crippen LogP contribution in [0.4, 0.5) is 0 Å². The van der Waals surface area contributed by atoms with Gasteiger partial charge in [0.2, 0.25) is 0 Å². The molecule has 0 radical (unpaired) electrons. The van der Waals surface area contributed by atoms with Gasteiger partial charge in [-0.1, -0.05) is 89.9 Å². The number of benzene rings is 3. The lowest BCUT2D eigenvalue weighted by Crippen LogP contribution is -2.26. The summed E-state index contributed by atoms with van der Waals surface area (Å²) >= 11 is 13.0. The van der Waals surface area contributed by atoms with Gasteiger partial charge in [0, 0.05) is 45.1 Å². The van der Waals surface area contributed by atoms with Crippen LogP contribution in [0.15, 0.2) is 83.7 Å². The first kappa shape index (κ1) is 23.3. The number of rotatable bonds is 6. The van der Waals surface area contributed by atoms with Gasteiger partial charge in [-0.2, -0.15) is 0 Å². The zero-order chi connectivity index (χ0) is 23.5. The van der Waals surface area contributed by atoms with E-state index in [0.29, 0.717) is 34.1 Å². The molecule has 1 heterocycles. The molecule has 0 fully saturated rings. The summed E-state index contributed by atoms with van der Waals surface area (Å²) in [5.74, 6) is 0. The van der Waals surface area contributed by atoms with Gasteiger partial charge in [0.05, 0.1) is 5.56 Å². The molecule has 0 aliphatic heterocycles. The van der Waals surface area contributed by atoms with Crippen molar-refractivity contribution in [2.24, 2.45) is 5.73 Å². The maximum Gasteiger partial charge on any atom is 0.193 e. The van der Waals surface area contributed by atoms with Gasteiger partial charge in [-0.15, -0.1) is 0 Å². The van der Waals surface area contributed by atoms with Gasteiger partial charge in [0.25, 0.3) is 0 Å². The number of nitrogens with zero attached hydrogens (tertiary/aromatic N) is 1. The smallest absolute Gasteiger partial charge is 0.193 e. The maximum atomic E-state index is 13.8. The predicted molar refractivity (Wildman–Crippen MR) is 138 cm³/mol. The average Bonchev–Trinajstić information content (AvgIpc) is 2.82. The summed E-state index contributed by atoms with van der Waals surface area (Å²) in [4.78, 5) is 13.8. The molecule has 3 nitrogen and oxygen atoms in total. The van der Waals surface area contributed by atoms with Crippen molar-refractivity contribution in [3.05, 3.63) is 127 Å². The average molecular weight is 477 g/mol. The summed E-state index contributed by atoms with van der Waals surface area (Å²) in [7, 11) is 0. The van der Waals surface area contributed by atoms with E-state index in [0.717, 1.165) is 28.1 Å². The summed E-state index contributed by atoms with van der Waals surface area (Å²) < 4.78 is 2.15. The second-order valence-electron chi connectivity index (χ2n) is 8.23. The molecule has 0 spiro atoms. The summed E-state index contributed by atoms with van der Waals surface area (Å²) in [6.07, 6.45) is 0.426. The lowest BCUT2D eigenvalue weighted by Gasteiger charge is -2.23. The number of hydrogen-bond donors (Lipinski definition) is 1. The zero-order valence-electron chi connectivity index (χ0n) is 18.7. The van der Waals surface area contributed by atoms with Crippen LogP contribution >= 0.6 is 23.2 Å². The molecule has 1 atom stereocenters. The number of pyridine rings is 1. The molecular weight excluding hydrogens is 451 g/mol. The number of nitrogens with two attached hydrogens (primary N) is 1. The van der Waals surface area contributed by atoms with Gasteiger partial charge in [0.15, 0.2) is 5.43 Å². The van der Waals surface area contributed by atoms with Crippen LogP contribution in [0, 0.1) is 13.8 Å². The normalized spacial score (nSPS) is 12.0. The number of hydrogen-bond acceptors (Lipinski definition) is 2. The van der Waals surface area contributed by atoms with Gasteiger partial charge in [-0.25, -0.2) is 0 Å². The molecule has 0 aliphatic carbocycles. The third-order valence-electron chi connectivity index (χ3n) is 6.19. The Kier molecular flexibility index (Phi) is 7.04. The first-order valence-corrected chi connectivity index (χ1v) is 11.7. The number of aromatic nitrogens is 1. The van der Waals surface area contributed by atoms with E-state index in [2.05, 4.69) is 4.57 Å². The standard InChI is InChI=1S/C28H26Cl2N2O/c1-18-23(16-26(31)20-10-4-3-5-11-20)28(33)27(22-13-7-9-15-25(22)30)19(2)32(18)17-21-12-6-8-14-24(21)29/h3-15,26H,16-17,31H2,1-2H3. The van der Waals surface area contributed by atoms with Gasteiger partial charge < -0.3 is 10.3 Å². The highest BCUT2D eigenvalue weighted by molar-refractivity contribution is 6.33. The molecule has 1 aromatic heterocycles. The van der Waals surface area contributed by atoms with Crippen molar-refractivity contribution in [1.82, 2.24) is 4.57 Å². The molecule has 4 rings (SSSR count). The third-order valence-corrected chi connectivity index (χ3v) is 6.89. The highest BCUT2D eigenvalue weighted by Crippen LogP contribution is 2.31. The van der Waals surface area contributed by atoms with Gasteiger partial charge in [0.1, 0.15) is 0 Å². The second kappa shape index (κ2) is 9.96. The van der Waals surface area contributed by atoms with E-state index in [1.54, 1.807) is 0 Å². The fraction of sp³-hybridized carbons (Fsp3) is 0.179. The molecule has 0 saturated carbocycles. The summed E-state index contributed by atoms with van der Waals surface area (Å²) in [6, 6.07) is 24.8. The Morgan fingerprint density at radius 2 is 1.42 bits per heavy atom. The fourth-order valence-corrected chi connectivity index (χ4v) is 4.75. The van der Waals surface area contributed by atoms with Crippen LogP contribution < -0.4 is 11.2 Å². The molecule has 5 heteroatoms. The van der Waals surface area contributed by atoms with Crippen molar-refractivity contribution >= 4 is 23.2 Å². The Labute approximate surface area is 204 Å². The van der Waals surface area contributed by atoms with Crippen LogP contribution in [0.5, 0.6) is 0 Å². The molecule has 2 N–H and O–H groups in total. The van der Waals surface area contributed by atoms with Gasteiger partial charge >= 0.3 is 0 Å². The quantitative estimate of drug-likeness (QED) is 0.335. The van der Waals surface area contributed by atoms with E-state index in [1.165, 1.54) is 0 Å². The molecule has 0 amide bonds. The number of halogens is 2. The summed E-state index contributed by atoms with van der Waals surface area (Å²) in [6.45, 7) is 4.49. The summed E-state index contributed by atoms with van der Waals surface area (Å²) in [5.41, 5.74) is 12.3. The lowest BCUT2D eigenvalue weighted by atomic mass is 9.93. The lowest BCUT2D eigenvalue weighted by molar-refractivity contribution is 0.674. The minimum Gasteiger partial charge on any atom is -0.344 e. The molecule has 3 aromatic carbocycles. The molecule has 0 bridgehead atoms. The Morgan fingerprint density at radius 3 is 2.09 bits per heavy atom. The van der Waals surface area contributed by atoms with Crippen molar-refractivity contribution in [3.8, 4) is 11.1 Å². The zero-order valence-corrected chi connectivity index (χ0v) is 20.2. The molecular formula is C28H26Cl2N2O. The van der Waals surface area contributed by atoms with Crippen LogP contribution in [0.1, 0.15) is 34.1 Å². The topological polar surface area (TPSA) is 48.0 Å². The van der Waals surface area contributed by atoms with E-state index in [4.69, 9.17) is 28.9 Å². The molecule has 1 unspecified atom stereocenters. The maximum absolute atomic E-state index is 13.8. The van der Waals surface area contributed by atoms with Crippen molar-refractivity contribution in [3.63, 3.8) is 0 Å². The van der Waals surface area contributed by atoms with Crippen LogP contribution in [0.25, 0.3) is 11.1 Å². The van der Waals surface area contributed by atoms with Gasteiger partial charge in [-0.3, -0.25) is 4.79 Å². The van der Waals surface area contributed by atoms with Crippen LogP contribution in [0.2, 0.25) is 10.0 Å². The Bertz CT molecular complexity index is 1350. The van der Waals surface area contributed by atoms with E-state index >= 15 is 0 Å². The second-order valence-corrected chi connectivity index (χ2v) is 9.05.